The number of hydrogen-bond acceptors (Lipinski definition) is 2. The molecule has 4 heteroatoms. The number of carbonyl (C=O) groups is 1. The molecule has 21 heavy (non-hydrogen) atoms. The Bertz CT molecular complexity index is 469. The minimum atomic E-state index is -0.00355. The number of anilines is 1. The molecule has 1 aliphatic carbocycles. The summed E-state index contributed by atoms with van der Waals surface area (Å²) in [4.78, 5) is 14.2. The molecule has 0 bridgehead atoms. The Morgan fingerprint density at radius 3 is 2.67 bits per heavy atom. The number of nitrogens with one attached hydrogen (secondary N) is 2. The topological polar surface area (TPSA) is 44.4 Å². The first-order chi connectivity index (χ1) is 10.1. The van der Waals surface area contributed by atoms with Gasteiger partial charge in [-0.05, 0) is 44.5 Å². The van der Waals surface area contributed by atoms with E-state index in [2.05, 4.69) is 23.6 Å². The van der Waals surface area contributed by atoms with Crippen LogP contribution in [-0.2, 0) is 0 Å². The second kappa shape index (κ2) is 7.46. The van der Waals surface area contributed by atoms with Gasteiger partial charge in [-0.3, -0.25) is 0 Å². The number of rotatable bonds is 4. The van der Waals surface area contributed by atoms with Crippen molar-refractivity contribution in [2.45, 2.75) is 51.1 Å². The molecule has 0 radical (unpaired) electrons. The molecule has 1 aromatic rings. The fourth-order valence-corrected chi connectivity index (χ4v) is 2.90. The molecular formula is C17H27N3O. The Labute approximate surface area is 127 Å². The minimum absolute atomic E-state index is 0.00355. The van der Waals surface area contributed by atoms with Gasteiger partial charge in [0.25, 0.3) is 0 Å². The Kier molecular flexibility index (Phi) is 5.62. The molecule has 4 nitrogen and oxygen atoms in total. The van der Waals surface area contributed by atoms with E-state index in [0.717, 1.165) is 18.5 Å². The summed E-state index contributed by atoms with van der Waals surface area (Å²) in [7, 11) is 3.85. The van der Waals surface area contributed by atoms with Crippen LogP contribution in [0, 0.1) is 0 Å². The molecule has 2 amide bonds. The predicted octanol–water partition coefficient (Wildman–Crippen LogP) is 3.76. The molecule has 0 saturated heterocycles. The van der Waals surface area contributed by atoms with E-state index in [1.807, 2.05) is 37.2 Å². The van der Waals surface area contributed by atoms with Gasteiger partial charge in [-0.15, -0.1) is 0 Å². The monoisotopic (exact) mass is 289 g/mol. The SMILES string of the molecule is CNC(C)c1cccc(NC(=O)N(C)C2CCCCC2)c1. The molecule has 0 aliphatic heterocycles. The van der Waals surface area contributed by atoms with Gasteiger partial charge >= 0.3 is 6.03 Å². The summed E-state index contributed by atoms with van der Waals surface area (Å²) < 4.78 is 0. The normalized spacial score (nSPS) is 17.3. The fraction of sp³-hybridized carbons (Fsp3) is 0.588. The molecule has 1 saturated carbocycles. The average molecular weight is 289 g/mol. The lowest BCUT2D eigenvalue weighted by molar-refractivity contribution is 0.186. The fourth-order valence-electron chi connectivity index (χ4n) is 2.90. The minimum Gasteiger partial charge on any atom is -0.325 e. The van der Waals surface area contributed by atoms with Gasteiger partial charge in [-0.1, -0.05) is 31.4 Å². The van der Waals surface area contributed by atoms with Crippen molar-refractivity contribution < 1.29 is 4.79 Å². The highest BCUT2D eigenvalue weighted by molar-refractivity contribution is 5.89. The van der Waals surface area contributed by atoms with E-state index in [4.69, 9.17) is 0 Å². The zero-order chi connectivity index (χ0) is 15.2. The van der Waals surface area contributed by atoms with Crippen molar-refractivity contribution >= 4 is 11.7 Å². The Morgan fingerprint density at radius 1 is 1.29 bits per heavy atom. The quantitative estimate of drug-likeness (QED) is 0.886. The van der Waals surface area contributed by atoms with Crippen LogP contribution < -0.4 is 10.6 Å². The van der Waals surface area contributed by atoms with Gasteiger partial charge in [0, 0.05) is 24.8 Å². The standard InChI is InChI=1S/C17H27N3O/c1-13(18-2)14-8-7-9-15(12-14)19-17(21)20(3)16-10-5-4-6-11-16/h7-9,12-13,16,18H,4-6,10-11H2,1-3H3,(H,19,21). The van der Waals surface area contributed by atoms with Crippen LogP contribution in [0.2, 0.25) is 0 Å². The summed E-state index contributed by atoms with van der Waals surface area (Å²) >= 11 is 0. The summed E-state index contributed by atoms with van der Waals surface area (Å²) in [5.74, 6) is 0. The Balaban J connectivity index is 1.98. The largest absolute Gasteiger partial charge is 0.325 e. The highest BCUT2D eigenvalue weighted by Crippen LogP contribution is 2.23. The molecule has 0 aromatic heterocycles. The maximum absolute atomic E-state index is 12.4. The number of nitrogens with zero attached hydrogens (tertiary/aromatic N) is 1. The molecule has 1 aliphatic rings. The van der Waals surface area contributed by atoms with Crippen molar-refractivity contribution in [3.05, 3.63) is 29.8 Å². The zero-order valence-electron chi connectivity index (χ0n) is 13.4. The first-order valence-electron chi connectivity index (χ1n) is 7.93. The van der Waals surface area contributed by atoms with E-state index in [1.165, 1.54) is 24.8 Å². The van der Waals surface area contributed by atoms with Gasteiger partial charge in [-0.25, -0.2) is 4.79 Å². The van der Waals surface area contributed by atoms with E-state index in [9.17, 15) is 4.79 Å². The van der Waals surface area contributed by atoms with Crippen molar-refractivity contribution in [1.29, 1.82) is 0 Å². The third kappa shape index (κ3) is 4.21. The Hall–Kier alpha value is -1.55. The van der Waals surface area contributed by atoms with Crippen molar-refractivity contribution in [3.63, 3.8) is 0 Å². The van der Waals surface area contributed by atoms with Crippen LogP contribution in [-0.4, -0.2) is 31.1 Å². The van der Waals surface area contributed by atoms with Crippen LogP contribution in [0.25, 0.3) is 0 Å². The van der Waals surface area contributed by atoms with Gasteiger partial charge in [-0.2, -0.15) is 0 Å². The maximum Gasteiger partial charge on any atom is 0.321 e. The average Bonchev–Trinajstić information content (AvgIpc) is 2.54. The van der Waals surface area contributed by atoms with Crippen molar-refractivity contribution in [3.8, 4) is 0 Å². The molecule has 0 heterocycles. The number of urea groups is 1. The molecule has 0 spiro atoms. The Morgan fingerprint density at radius 2 is 2.00 bits per heavy atom. The number of amides is 2. The summed E-state index contributed by atoms with van der Waals surface area (Å²) in [6, 6.07) is 8.69. The first-order valence-corrected chi connectivity index (χ1v) is 7.93. The molecular weight excluding hydrogens is 262 g/mol. The second-order valence-electron chi connectivity index (χ2n) is 5.97. The van der Waals surface area contributed by atoms with Gasteiger partial charge in [0.2, 0.25) is 0 Å². The summed E-state index contributed by atoms with van der Waals surface area (Å²) in [6.07, 6.45) is 6.02. The third-order valence-corrected chi connectivity index (χ3v) is 4.51. The van der Waals surface area contributed by atoms with Crippen LogP contribution in [0.3, 0.4) is 0 Å². The summed E-state index contributed by atoms with van der Waals surface area (Å²) in [5.41, 5.74) is 2.04. The summed E-state index contributed by atoms with van der Waals surface area (Å²) in [6.45, 7) is 2.11. The van der Waals surface area contributed by atoms with Gasteiger partial charge in [0.15, 0.2) is 0 Å². The van der Waals surface area contributed by atoms with E-state index >= 15 is 0 Å². The van der Waals surface area contributed by atoms with Crippen LogP contribution >= 0.6 is 0 Å². The van der Waals surface area contributed by atoms with Gasteiger partial charge < -0.3 is 15.5 Å². The van der Waals surface area contributed by atoms with E-state index in [1.54, 1.807) is 0 Å². The molecule has 1 aromatic carbocycles. The smallest absolute Gasteiger partial charge is 0.321 e. The van der Waals surface area contributed by atoms with Gasteiger partial charge in [0.1, 0.15) is 0 Å². The molecule has 2 rings (SSSR count). The van der Waals surface area contributed by atoms with E-state index < -0.39 is 0 Å². The van der Waals surface area contributed by atoms with Crippen LogP contribution in [0.5, 0.6) is 0 Å². The van der Waals surface area contributed by atoms with Crippen molar-refractivity contribution in [1.82, 2.24) is 10.2 Å². The molecule has 2 N–H and O–H groups in total. The highest BCUT2D eigenvalue weighted by atomic mass is 16.2. The number of carbonyl (C=O) groups excluding carboxylic acids is 1. The maximum atomic E-state index is 12.4. The van der Waals surface area contributed by atoms with Gasteiger partial charge in [0.05, 0.1) is 0 Å². The summed E-state index contributed by atoms with van der Waals surface area (Å²) in [5, 5.41) is 6.23. The second-order valence-corrected chi connectivity index (χ2v) is 5.97. The third-order valence-electron chi connectivity index (χ3n) is 4.51. The molecule has 1 atom stereocenters. The van der Waals surface area contributed by atoms with Crippen LogP contribution in [0.1, 0.15) is 50.6 Å². The zero-order valence-corrected chi connectivity index (χ0v) is 13.4. The molecule has 1 fully saturated rings. The van der Waals surface area contributed by atoms with Crippen LogP contribution in [0.15, 0.2) is 24.3 Å². The van der Waals surface area contributed by atoms with Crippen molar-refractivity contribution in [2.24, 2.45) is 0 Å². The first kappa shape index (κ1) is 15.8. The lowest BCUT2D eigenvalue weighted by Gasteiger charge is -2.31. The number of hydrogen-bond donors (Lipinski definition) is 2. The highest BCUT2D eigenvalue weighted by Gasteiger charge is 2.22. The van der Waals surface area contributed by atoms with Crippen molar-refractivity contribution in [2.75, 3.05) is 19.4 Å². The predicted molar refractivity (Wildman–Crippen MR) is 87.6 cm³/mol. The molecule has 1 unspecified atom stereocenters. The lowest BCUT2D eigenvalue weighted by atomic mass is 9.95. The van der Waals surface area contributed by atoms with E-state index in [0.29, 0.717) is 6.04 Å². The molecule has 116 valence electrons. The van der Waals surface area contributed by atoms with Crippen LogP contribution in [0.4, 0.5) is 10.5 Å². The number of benzene rings is 1. The van der Waals surface area contributed by atoms with E-state index in [-0.39, 0.29) is 12.1 Å². The lowest BCUT2D eigenvalue weighted by Crippen LogP contribution is -2.40.